The average Bonchev–Trinajstić information content (AvgIpc) is 3.72. The molecule has 0 spiro atoms. The summed E-state index contributed by atoms with van der Waals surface area (Å²) in [5.41, 5.74) is 45.8. The van der Waals surface area contributed by atoms with Crippen molar-refractivity contribution < 1.29 is 4.42 Å². The van der Waals surface area contributed by atoms with Crippen molar-refractivity contribution in [3.8, 4) is 33.4 Å². The lowest BCUT2D eigenvalue weighted by Crippen LogP contribution is -2.08. The molecular weight excluding hydrogens is 833 g/mol. The molecule has 0 amide bonds. The van der Waals surface area contributed by atoms with Crippen LogP contribution in [0.5, 0.6) is 0 Å². The number of fused-ring (bicyclic) bond motifs is 6. The van der Waals surface area contributed by atoms with E-state index >= 15 is 0 Å². The van der Waals surface area contributed by atoms with Crippen LogP contribution in [0.4, 0.5) is 0 Å². The minimum atomic E-state index is 1.03. The van der Waals surface area contributed by atoms with E-state index in [1.807, 2.05) is 0 Å². The molecule has 8 aromatic carbocycles. The second-order valence-corrected chi connectivity index (χ2v) is 22.3. The van der Waals surface area contributed by atoms with Gasteiger partial charge in [-0.1, -0.05) is 0 Å². The molecular formula is C68H78O. The third kappa shape index (κ3) is 6.01. The lowest BCUT2D eigenvalue weighted by molar-refractivity contribution is 0.661. The number of benzene rings is 8. The standard InChI is InChI=1S/C68H78O/c1-27-28(2)39(13)53(40(14)29(27)3)55-51(25)54-41(15)30(4)31(5)42(16)56(54)62(52(55)26)65-59-45(19)34(8)32(6)43(17)57(59)64(58-44(18)33(7)35(9)46(20)60(58)65)61-47(21)38(12)50(24)68-66(61)63-48(22)36(10)37(11)49(23)67(63)69-68/h1-26H3. The Morgan fingerprint density at radius 1 is 0.130 bits per heavy atom. The van der Waals surface area contributed by atoms with Gasteiger partial charge in [-0.15, -0.1) is 0 Å². The minimum Gasteiger partial charge on any atom is -0.455 e. The zero-order valence-electron chi connectivity index (χ0n) is 47.4. The molecule has 9 aromatic rings. The van der Waals surface area contributed by atoms with Gasteiger partial charge in [0.05, 0.1) is 0 Å². The van der Waals surface area contributed by atoms with Gasteiger partial charge < -0.3 is 4.42 Å². The van der Waals surface area contributed by atoms with Crippen molar-refractivity contribution in [3.05, 3.63) is 145 Å². The molecule has 69 heavy (non-hydrogen) atoms. The number of hydrogen-bond acceptors (Lipinski definition) is 1. The van der Waals surface area contributed by atoms with Gasteiger partial charge in [-0.25, -0.2) is 0 Å². The molecule has 1 aromatic heterocycles. The molecule has 1 heterocycles. The summed E-state index contributed by atoms with van der Waals surface area (Å²) in [6.45, 7) is 61.6. The molecule has 0 bridgehead atoms. The first-order chi connectivity index (χ1) is 32.2. The SMILES string of the molecule is Cc1c(C)c(C)c(-c2c(C)c(-c3c4c(C)c(C)c(C)c(C)c4c(-c4c(C)c(C)c(C)c5oc6c(C)c(C)c(C)c(C)c6c45)c4c(C)c(C)c(C)c(C)c34)c3c(C)c(C)c(C)c(C)c3c2C)c(C)c1C. The van der Waals surface area contributed by atoms with Gasteiger partial charge in [0.25, 0.3) is 0 Å². The maximum absolute atomic E-state index is 7.26. The van der Waals surface area contributed by atoms with Crippen molar-refractivity contribution in [2.24, 2.45) is 0 Å². The van der Waals surface area contributed by atoms with Crippen molar-refractivity contribution in [2.45, 2.75) is 180 Å². The van der Waals surface area contributed by atoms with Gasteiger partial charge in [-0.2, -0.15) is 0 Å². The van der Waals surface area contributed by atoms with Crippen molar-refractivity contribution in [1.82, 2.24) is 0 Å². The van der Waals surface area contributed by atoms with Crippen LogP contribution in [0.3, 0.4) is 0 Å². The minimum absolute atomic E-state index is 1.03. The van der Waals surface area contributed by atoms with Gasteiger partial charge >= 0.3 is 0 Å². The first kappa shape index (κ1) is 48.4. The van der Waals surface area contributed by atoms with Crippen LogP contribution in [0, 0.1) is 180 Å². The van der Waals surface area contributed by atoms with E-state index in [0.717, 1.165) is 11.2 Å². The fourth-order valence-corrected chi connectivity index (χ4v) is 13.6. The summed E-state index contributed by atoms with van der Waals surface area (Å²) < 4.78 is 7.26. The molecule has 0 saturated carbocycles. The van der Waals surface area contributed by atoms with Crippen LogP contribution in [-0.2, 0) is 0 Å². The van der Waals surface area contributed by atoms with Crippen molar-refractivity contribution in [3.63, 3.8) is 0 Å². The van der Waals surface area contributed by atoms with Gasteiger partial charge in [0.1, 0.15) is 11.2 Å². The Morgan fingerprint density at radius 3 is 0.725 bits per heavy atom. The Bertz CT molecular complexity index is 3790. The van der Waals surface area contributed by atoms with E-state index in [0.29, 0.717) is 0 Å². The van der Waals surface area contributed by atoms with Crippen LogP contribution in [0.25, 0.3) is 87.6 Å². The highest BCUT2D eigenvalue weighted by atomic mass is 16.3. The molecule has 9 rings (SSSR count). The van der Waals surface area contributed by atoms with Crippen LogP contribution in [0.1, 0.15) is 145 Å². The summed E-state index contributed by atoms with van der Waals surface area (Å²) in [6.07, 6.45) is 0. The highest BCUT2D eigenvalue weighted by Gasteiger charge is 2.33. The Morgan fingerprint density at radius 2 is 0.348 bits per heavy atom. The zero-order valence-corrected chi connectivity index (χ0v) is 47.4. The van der Waals surface area contributed by atoms with Crippen molar-refractivity contribution in [2.75, 3.05) is 0 Å². The second kappa shape index (κ2) is 15.9. The Labute approximate surface area is 414 Å². The predicted octanol–water partition coefficient (Wildman–Crippen LogP) is 20.1. The monoisotopic (exact) mass is 911 g/mol. The molecule has 0 radical (unpaired) electrons. The predicted molar refractivity (Wildman–Crippen MR) is 306 cm³/mol. The third-order valence-corrected chi connectivity index (χ3v) is 20.0. The second-order valence-electron chi connectivity index (χ2n) is 22.3. The average molecular weight is 911 g/mol. The summed E-state index contributed by atoms with van der Waals surface area (Å²) in [5.74, 6) is 0. The molecule has 1 nitrogen and oxygen atoms in total. The lowest BCUT2D eigenvalue weighted by Gasteiger charge is -2.31. The fraction of sp³-hybridized carbons (Fsp3) is 0.382. The van der Waals surface area contributed by atoms with Crippen molar-refractivity contribution >= 4 is 54.3 Å². The van der Waals surface area contributed by atoms with E-state index in [4.69, 9.17) is 4.42 Å². The highest BCUT2D eigenvalue weighted by Crippen LogP contribution is 2.57. The molecule has 0 unspecified atom stereocenters. The van der Waals surface area contributed by atoms with Gasteiger partial charge in [0.15, 0.2) is 0 Å². The van der Waals surface area contributed by atoms with Gasteiger partial charge in [0, 0.05) is 10.8 Å². The Balaban J connectivity index is 1.72. The summed E-state index contributed by atoms with van der Waals surface area (Å²) in [4.78, 5) is 0. The first-order valence-electron chi connectivity index (χ1n) is 25.7. The van der Waals surface area contributed by atoms with Crippen LogP contribution in [0.2, 0.25) is 0 Å². The van der Waals surface area contributed by atoms with Gasteiger partial charge in [-0.3, -0.25) is 0 Å². The quantitative estimate of drug-likeness (QED) is 0.161. The molecule has 356 valence electrons. The molecule has 0 aliphatic heterocycles. The largest absolute Gasteiger partial charge is 0.455 e. The van der Waals surface area contributed by atoms with E-state index in [2.05, 4.69) is 180 Å². The molecule has 0 atom stereocenters. The molecule has 0 N–H and O–H groups in total. The molecule has 0 fully saturated rings. The smallest absolute Gasteiger partial charge is 0.139 e. The molecule has 0 aliphatic rings. The maximum atomic E-state index is 7.26. The Hall–Kier alpha value is -5.66. The topological polar surface area (TPSA) is 13.1 Å². The summed E-state index contributed by atoms with van der Waals surface area (Å²) in [7, 11) is 0. The number of furan rings is 1. The van der Waals surface area contributed by atoms with E-state index in [1.165, 1.54) is 221 Å². The number of hydrogen-bond donors (Lipinski definition) is 0. The van der Waals surface area contributed by atoms with Crippen LogP contribution in [-0.4, -0.2) is 0 Å². The highest BCUT2D eigenvalue weighted by molar-refractivity contribution is 6.31. The summed E-state index contributed by atoms with van der Waals surface area (Å²) >= 11 is 0. The van der Waals surface area contributed by atoms with E-state index in [-0.39, 0.29) is 0 Å². The lowest BCUT2D eigenvalue weighted by atomic mass is 9.72. The van der Waals surface area contributed by atoms with Crippen LogP contribution in [0.15, 0.2) is 4.42 Å². The van der Waals surface area contributed by atoms with Gasteiger partial charge in [-0.05, 0) is 390 Å². The first-order valence-corrected chi connectivity index (χ1v) is 25.7. The fourth-order valence-electron chi connectivity index (χ4n) is 13.6. The summed E-state index contributed by atoms with van der Waals surface area (Å²) in [5, 5.41) is 10.9. The van der Waals surface area contributed by atoms with E-state index in [9.17, 15) is 0 Å². The maximum Gasteiger partial charge on any atom is 0.139 e. The van der Waals surface area contributed by atoms with Crippen LogP contribution >= 0.6 is 0 Å². The van der Waals surface area contributed by atoms with E-state index in [1.54, 1.807) is 0 Å². The van der Waals surface area contributed by atoms with Crippen LogP contribution < -0.4 is 0 Å². The molecule has 1 heteroatoms. The Kier molecular flexibility index (Phi) is 11.2. The van der Waals surface area contributed by atoms with E-state index < -0.39 is 0 Å². The summed E-state index contributed by atoms with van der Waals surface area (Å²) in [6, 6.07) is 0. The molecule has 0 saturated heterocycles. The number of rotatable bonds is 3. The van der Waals surface area contributed by atoms with Gasteiger partial charge in [0.2, 0.25) is 0 Å². The third-order valence-electron chi connectivity index (χ3n) is 20.0. The molecule has 0 aliphatic carbocycles. The normalized spacial score (nSPS) is 12.2. The van der Waals surface area contributed by atoms with Crippen molar-refractivity contribution in [1.29, 1.82) is 0 Å². The zero-order chi connectivity index (χ0) is 51.0. The number of aryl methyl sites for hydroxylation is 10.